The summed E-state index contributed by atoms with van der Waals surface area (Å²) in [7, 11) is -0.276. The summed E-state index contributed by atoms with van der Waals surface area (Å²) >= 11 is 0. The van der Waals surface area contributed by atoms with Crippen molar-refractivity contribution in [2.24, 2.45) is 0 Å². The first-order chi connectivity index (χ1) is 14.1. The van der Waals surface area contributed by atoms with Crippen molar-refractivity contribution < 1.29 is 15.0 Å². The lowest BCUT2D eigenvalue weighted by Crippen LogP contribution is -2.06. The van der Waals surface area contributed by atoms with Gasteiger partial charge in [-0.2, -0.15) is 0 Å². The van der Waals surface area contributed by atoms with E-state index in [0.29, 0.717) is 11.1 Å². The zero-order valence-corrected chi connectivity index (χ0v) is 16.3. The van der Waals surface area contributed by atoms with Crippen molar-refractivity contribution in [3.05, 3.63) is 109 Å². The second-order valence-electron chi connectivity index (χ2n) is 6.44. The van der Waals surface area contributed by atoms with Gasteiger partial charge in [-0.25, -0.2) is 4.79 Å². The molecule has 4 heteroatoms. The fraction of sp³-hybridized carbons (Fsp3) is 0. The number of aromatic carboxylic acids is 1. The van der Waals surface area contributed by atoms with Gasteiger partial charge < -0.3 is 10.2 Å². The van der Waals surface area contributed by atoms with Crippen LogP contribution in [-0.4, -0.2) is 11.1 Å². The van der Waals surface area contributed by atoms with Crippen molar-refractivity contribution in [3.63, 3.8) is 0 Å². The molecule has 0 saturated carbocycles. The standard InChI is InChI=1S/C25H18O3S/c26-23-13-7-12-22(24(23)25(27)28)18-14-16-21(17-15-18)29(19-8-3-1-4-9-19)20-10-5-2-6-11-20/h1-17H,(H-,26,27,28). The minimum Gasteiger partial charge on any atom is -0.872 e. The minimum absolute atomic E-state index is 0.189. The molecule has 142 valence electrons. The van der Waals surface area contributed by atoms with Crippen LogP contribution in [0.4, 0.5) is 0 Å². The van der Waals surface area contributed by atoms with E-state index in [-0.39, 0.29) is 16.5 Å². The van der Waals surface area contributed by atoms with Crippen molar-refractivity contribution in [1.29, 1.82) is 0 Å². The first kappa shape index (κ1) is 18.8. The SMILES string of the molecule is O=C(O)c1c([O-])cccc1-c1ccc([S+](c2ccccc2)c2ccccc2)cc1. The Morgan fingerprint density at radius 3 is 1.69 bits per heavy atom. The van der Waals surface area contributed by atoms with Crippen molar-refractivity contribution >= 4 is 16.9 Å². The van der Waals surface area contributed by atoms with E-state index in [4.69, 9.17) is 0 Å². The Morgan fingerprint density at radius 1 is 0.655 bits per heavy atom. The number of benzene rings is 4. The van der Waals surface area contributed by atoms with E-state index in [9.17, 15) is 15.0 Å². The van der Waals surface area contributed by atoms with E-state index >= 15 is 0 Å². The van der Waals surface area contributed by atoms with Crippen molar-refractivity contribution in [3.8, 4) is 16.9 Å². The molecule has 0 aliphatic heterocycles. The highest BCUT2D eigenvalue weighted by atomic mass is 32.2. The van der Waals surface area contributed by atoms with E-state index in [1.807, 2.05) is 60.7 Å². The average molecular weight is 398 g/mol. The molecule has 0 heterocycles. The van der Waals surface area contributed by atoms with Gasteiger partial charge in [0.1, 0.15) is 0 Å². The predicted molar refractivity (Wildman–Crippen MR) is 113 cm³/mol. The van der Waals surface area contributed by atoms with Gasteiger partial charge in [0.25, 0.3) is 0 Å². The second-order valence-corrected chi connectivity index (χ2v) is 8.47. The van der Waals surface area contributed by atoms with Gasteiger partial charge in [0.15, 0.2) is 14.7 Å². The van der Waals surface area contributed by atoms with E-state index in [2.05, 4.69) is 24.3 Å². The van der Waals surface area contributed by atoms with E-state index in [1.165, 1.54) is 15.9 Å². The molecule has 0 radical (unpaired) electrons. The molecule has 0 aliphatic carbocycles. The molecule has 0 saturated heterocycles. The van der Waals surface area contributed by atoms with Gasteiger partial charge in [-0.05, 0) is 59.7 Å². The molecule has 4 aromatic rings. The van der Waals surface area contributed by atoms with Gasteiger partial charge in [-0.1, -0.05) is 60.3 Å². The number of carboxylic acid groups (broad SMARTS) is 1. The third-order valence-electron chi connectivity index (χ3n) is 4.60. The lowest BCUT2D eigenvalue weighted by Gasteiger charge is -2.15. The molecule has 0 spiro atoms. The molecule has 0 fully saturated rings. The van der Waals surface area contributed by atoms with Crippen LogP contribution in [0.5, 0.6) is 5.75 Å². The lowest BCUT2D eigenvalue weighted by molar-refractivity contribution is -0.268. The maximum Gasteiger partial charge on any atom is 0.335 e. The lowest BCUT2D eigenvalue weighted by atomic mass is 9.99. The number of hydrogen-bond acceptors (Lipinski definition) is 2. The molecule has 0 unspecified atom stereocenters. The molecule has 1 N–H and O–H groups in total. The van der Waals surface area contributed by atoms with E-state index in [0.717, 1.165) is 4.90 Å². The topological polar surface area (TPSA) is 60.4 Å². The molecule has 3 nitrogen and oxygen atoms in total. The van der Waals surface area contributed by atoms with Crippen molar-refractivity contribution in [2.75, 3.05) is 0 Å². The Bertz CT molecular complexity index is 1080. The maximum atomic E-state index is 12.0. The van der Waals surface area contributed by atoms with Crippen LogP contribution >= 0.6 is 0 Å². The molecule has 29 heavy (non-hydrogen) atoms. The Labute approximate surface area is 172 Å². The molecule has 4 rings (SSSR count). The summed E-state index contributed by atoms with van der Waals surface area (Å²) in [5, 5.41) is 21.5. The van der Waals surface area contributed by atoms with Crippen LogP contribution in [0.1, 0.15) is 10.4 Å². The number of carboxylic acids is 1. The highest BCUT2D eigenvalue weighted by Gasteiger charge is 2.28. The molecule has 0 atom stereocenters. The third kappa shape index (κ3) is 3.89. The Morgan fingerprint density at radius 2 is 1.17 bits per heavy atom. The molecular weight excluding hydrogens is 380 g/mol. The van der Waals surface area contributed by atoms with Gasteiger partial charge in [-0.3, -0.25) is 0 Å². The molecule has 0 aliphatic rings. The summed E-state index contributed by atoms with van der Waals surface area (Å²) in [6.45, 7) is 0. The van der Waals surface area contributed by atoms with E-state index in [1.54, 1.807) is 12.1 Å². The minimum atomic E-state index is -1.21. The molecule has 0 bridgehead atoms. The van der Waals surface area contributed by atoms with Gasteiger partial charge in [0, 0.05) is 0 Å². The summed E-state index contributed by atoms with van der Waals surface area (Å²) in [5.41, 5.74) is 0.967. The second kappa shape index (κ2) is 8.25. The van der Waals surface area contributed by atoms with Crippen LogP contribution in [0.15, 0.2) is 118 Å². The van der Waals surface area contributed by atoms with Crippen LogP contribution in [0.3, 0.4) is 0 Å². The Balaban J connectivity index is 1.78. The van der Waals surface area contributed by atoms with Crippen LogP contribution in [0.25, 0.3) is 11.1 Å². The molecular formula is C25H18O3S. The normalized spacial score (nSPS) is 10.8. The summed E-state index contributed by atoms with van der Waals surface area (Å²) < 4.78 is 0. The van der Waals surface area contributed by atoms with Crippen LogP contribution in [0.2, 0.25) is 0 Å². The fourth-order valence-corrected chi connectivity index (χ4v) is 5.37. The third-order valence-corrected chi connectivity index (χ3v) is 6.83. The van der Waals surface area contributed by atoms with Crippen LogP contribution < -0.4 is 5.11 Å². The highest BCUT2D eigenvalue weighted by molar-refractivity contribution is 7.97. The molecule has 0 aromatic heterocycles. The van der Waals surface area contributed by atoms with E-state index < -0.39 is 11.7 Å². The van der Waals surface area contributed by atoms with Crippen molar-refractivity contribution in [2.45, 2.75) is 14.7 Å². The summed E-state index contributed by atoms with van der Waals surface area (Å²) in [6, 6.07) is 33.0. The quantitative estimate of drug-likeness (QED) is 0.469. The van der Waals surface area contributed by atoms with Gasteiger partial charge in [0.05, 0.1) is 16.5 Å². The fourth-order valence-electron chi connectivity index (χ4n) is 3.28. The molecule has 4 aromatic carbocycles. The largest absolute Gasteiger partial charge is 0.872 e. The zero-order valence-electron chi connectivity index (χ0n) is 15.5. The first-order valence-electron chi connectivity index (χ1n) is 9.13. The highest BCUT2D eigenvalue weighted by Crippen LogP contribution is 2.34. The maximum absolute atomic E-state index is 12.0. The van der Waals surface area contributed by atoms with Gasteiger partial charge in [0.2, 0.25) is 0 Å². The summed E-state index contributed by atoms with van der Waals surface area (Å²) in [4.78, 5) is 15.1. The van der Waals surface area contributed by atoms with Crippen molar-refractivity contribution in [1.82, 2.24) is 0 Å². The number of carbonyl (C=O) groups is 1. The average Bonchev–Trinajstić information content (AvgIpc) is 2.75. The van der Waals surface area contributed by atoms with Gasteiger partial charge in [-0.15, -0.1) is 0 Å². The first-order valence-corrected chi connectivity index (χ1v) is 10.4. The molecule has 0 amide bonds. The Kier molecular flexibility index (Phi) is 5.36. The summed E-state index contributed by atoms with van der Waals surface area (Å²) in [6.07, 6.45) is 0. The summed E-state index contributed by atoms with van der Waals surface area (Å²) in [5.74, 6) is -1.68. The predicted octanol–water partition coefficient (Wildman–Crippen LogP) is 5.22. The smallest absolute Gasteiger partial charge is 0.335 e. The zero-order chi connectivity index (χ0) is 20.2. The van der Waals surface area contributed by atoms with Crippen LogP contribution in [0, 0.1) is 0 Å². The Hall–Kier alpha value is -3.50. The van der Waals surface area contributed by atoms with Gasteiger partial charge >= 0.3 is 5.97 Å². The number of rotatable bonds is 5. The monoisotopic (exact) mass is 398 g/mol. The number of hydrogen-bond donors (Lipinski definition) is 1. The van der Waals surface area contributed by atoms with Crippen LogP contribution in [-0.2, 0) is 10.9 Å².